The Bertz CT molecular complexity index is 949. The maximum Gasteiger partial charge on any atom is 0.271 e. The normalized spacial score (nSPS) is 16.5. The Morgan fingerprint density at radius 2 is 2.04 bits per heavy atom. The van der Waals surface area contributed by atoms with Crippen LogP contribution in [0.25, 0.3) is 11.5 Å². The Labute approximate surface area is 150 Å². The molecular weight excluding hydrogens is 330 g/mol. The minimum Gasteiger partial charge on any atom is -0.496 e. The number of aryl methyl sites for hydroxylation is 1. The third kappa shape index (κ3) is 2.92. The van der Waals surface area contributed by atoms with Gasteiger partial charge in [0.15, 0.2) is 5.82 Å². The maximum atomic E-state index is 12.5. The predicted molar refractivity (Wildman–Crippen MR) is 96.1 cm³/mol. The van der Waals surface area contributed by atoms with Crippen LogP contribution in [0.4, 0.5) is 0 Å². The number of aromatic nitrogens is 4. The first kappa shape index (κ1) is 16.3. The van der Waals surface area contributed by atoms with E-state index in [0.717, 1.165) is 22.7 Å². The van der Waals surface area contributed by atoms with Gasteiger partial charge >= 0.3 is 0 Å². The number of benzene rings is 1. The molecule has 26 heavy (non-hydrogen) atoms. The fraction of sp³-hybridized carbons (Fsp3) is 0.263. The lowest BCUT2D eigenvalue weighted by Gasteiger charge is -2.17. The van der Waals surface area contributed by atoms with E-state index in [-0.39, 0.29) is 11.8 Å². The van der Waals surface area contributed by atoms with E-state index in [1.807, 2.05) is 31.2 Å². The fourth-order valence-corrected chi connectivity index (χ4v) is 3.22. The van der Waals surface area contributed by atoms with E-state index >= 15 is 0 Å². The molecule has 1 aliphatic rings. The average molecular weight is 349 g/mol. The van der Waals surface area contributed by atoms with Crippen molar-refractivity contribution in [3.8, 4) is 17.3 Å². The smallest absolute Gasteiger partial charge is 0.271 e. The Balaban J connectivity index is 1.71. The molecule has 1 aromatic carbocycles. The fourth-order valence-electron chi connectivity index (χ4n) is 3.22. The van der Waals surface area contributed by atoms with Crippen LogP contribution in [0.1, 0.15) is 33.4 Å². The highest BCUT2D eigenvalue weighted by molar-refractivity contribution is 5.94. The van der Waals surface area contributed by atoms with Crippen LogP contribution in [-0.2, 0) is 6.42 Å². The van der Waals surface area contributed by atoms with Gasteiger partial charge in [0.1, 0.15) is 17.1 Å². The standard InChI is InChI=1S/C19H19N5O2/c1-11-8-21-15(10-20-11)18-23-14-7-12(9-22-19(25)17(14)24-18)13-5-3-4-6-16(13)26-2/h3-6,8,10,12H,7,9H2,1-2H3,(H,22,25)(H,23,24)/t12-/m1/s1. The van der Waals surface area contributed by atoms with E-state index in [2.05, 4.69) is 25.3 Å². The molecule has 7 nitrogen and oxygen atoms in total. The number of methoxy groups -OCH3 is 1. The van der Waals surface area contributed by atoms with Crippen molar-refractivity contribution < 1.29 is 9.53 Å². The number of ether oxygens (including phenoxy) is 1. The monoisotopic (exact) mass is 349 g/mol. The molecule has 4 rings (SSSR count). The minimum atomic E-state index is -0.181. The number of imidazole rings is 1. The number of para-hydroxylation sites is 1. The van der Waals surface area contributed by atoms with Crippen molar-refractivity contribution in [2.45, 2.75) is 19.3 Å². The number of hydrogen-bond acceptors (Lipinski definition) is 5. The molecule has 2 N–H and O–H groups in total. The quantitative estimate of drug-likeness (QED) is 0.756. The predicted octanol–water partition coefficient (Wildman–Crippen LogP) is 2.25. The number of aromatic amines is 1. The zero-order valence-electron chi connectivity index (χ0n) is 14.6. The summed E-state index contributed by atoms with van der Waals surface area (Å²) in [5.74, 6) is 1.28. The Kier molecular flexibility index (Phi) is 4.12. The zero-order valence-corrected chi connectivity index (χ0v) is 14.6. The average Bonchev–Trinajstić information content (AvgIpc) is 3.03. The second kappa shape index (κ2) is 6.59. The highest BCUT2D eigenvalue weighted by Gasteiger charge is 2.28. The second-order valence-corrected chi connectivity index (χ2v) is 6.31. The number of nitrogens with zero attached hydrogens (tertiary/aromatic N) is 3. The topological polar surface area (TPSA) is 92.8 Å². The van der Waals surface area contributed by atoms with Crippen molar-refractivity contribution in [3.05, 3.63) is 59.3 Å². The summed E-state index contributed by atoms with van der Waals surface area (Å²) in [5.41, 5.74) is 3.73. The van der Waals surface area contributed by atoms with Crippen LogP contribution >= 0.6 is 0 Å². The minimum absolute atomic E-state index is 0.0914. The van der Waals surface area contributed by atoms with Crippen molar-refractivity contribution in [2.75, 3.05) is 13.7 Å². The van der Waals surface area contributed by atoms with Crippen molar-refractivity contribution in [2.24, 2.45) is 0 Å². The lowest BCUT2D eigenvalue weighted by molar-refractivity contribution is 0.0950. The summed E-state index contributed by atoms with van der Waals surface area (Å²) in [5, 5.41) is 2.96. The molecule has 0 bridgehead atoms. The van der Waals surface area contributed by atoms with E-state index < -0.39 is 0 Å². The van der Waals surface area contributed by atoms with Gasteiger partial charge in [-0.2, -0.15) is 0 Å². The highest BCUT2D eigenvalue weighted by Crippen LogP contribution is 2.31. The summed E-state index contributed by atoms with van der Waals surface area (Å²) in [6.07, 6.45) is 3.99. The summed E-state index contributed by atoms with van der Waals surface area (Å²) < 4.78 is 5.48. The molecule has 0 radical (unpaired) electrons. The third-order valence-corrected chi connectivity index (χ3v) is 4.56. The lowest BCUT2D eigenvalue weighted by Crippen LogP contribution is -2.26. The summed E-state index contributed by atoms with van der Waals surface area (Å²) in [6.45, 7) is 2.41. The largest absolute Gasteiger partial charge is 0.496 e. The summed E-state index contributed by atoms with van der Waals surface area (Å²) in [4.78, 5) is 28.8. The summed E-state index contributed by atoms with van der Waals surface area (Å²) >= 11 is 0. The number of carbonyl (C=O) groups excluding carboxylic acids is 1. The molecule has 1 amide bonds. The molecular formula is C19H19N5O2. The molecule has 0 fully saturated rings. The van der Waals surface area contributed by atoms with Gasteiger partial charge in [-0.15, -0.1) is 0 Å². The van der Waals surface area contributed by atoms with Gasteiger partial charge in [0.25, 0.3) is 5.91 Å². The van der Waals surface area contributed by atoms with Gasteiger partial charge in [-0.05, 0) is 25.0 Å². The van der Waals surface area contributed by atoms with Gasteiger partial charge in [-0.25, -0.2) is 9.97 Å². The first-order valence-electron chi connectivity index (χ1n) is 8.44. The molecule has 0 saturated carbocycles. The first-order chi connectivity index (χ1) is 12.7. The number of amides is 1. The molecule has 0 unspecified atom stereocenters. The molecule has 132 valence electrons. The molecule has 7 heteroatoms. The Hall–Kier alpha value is -3.22. The molecule has 0 aliphatic carbocycles. The highest BCUT2D eigenvalue weighted by atomic mass is 16.5. The van der Waals surface area contributed by atoms with E-state index in [1.54, 1.807) is 19.5 Å². The SMILES string of the molecule is COc1ccccc1[C@H]1CNC(=O)c2nc(-c3cnc(C)cn3)[nH]c2C1. The van der Waals surface area contributed by atoms with Gasteiger partial charge in [0.2, 0.25) is 0 Å². The molecule has 0 saturated heterocycles. The number of carbonyl (C=O) groups is 1. The Morgan fingerprint density at radius 1 is 1.19 bits per heavy atom. The summed E-state index contributed by atoms with van der Waals surface area (Å²) in [6, 6.07) is 7.88. The van der Waals surface area contributed by atoms with Gasteiger partial charge in [0.05, 0.1) is 19.0 Å². The molecule has 1 aliphatic heterocycles. The van der Waals surface area contributed by atoms with E-state index in [0.29, 0.717) is 30.2 Å². The van der Waals surface area contributed by atoms with Crippen LogP contribution in [0.2, 0.25) is 0 Å². The van der Waals surface area contributed by atoms with Crippen molar-refractivity contribution in [3.63, 3.8) is 0 Å². The van der Waals surface area contributed by atoms with Crippen molar-refractivity contribution in [1.82, 2.24) is 25.3 Å². The van der Waals surface area contributed by atoms with E-state index in [1.165, 1.54) is 0 Å². The summed E-state index contributed by atoms with van der Waals surface area (Å²) in [7, 11) is 1.66. The van der Waals surface area contributed by atoms with Gasteiger partial charge in [-0.3, -0.25) is 9.78 Å². The van der Waals surface area contributed by atoms with Gasteiger partial charge in [0, 0.05) is 24.4 Å². The zero-order chi connectivity index (χ0) is 18.1. The van der Waals surface area contributed by atoms with Gasteiger partial charge in [-0.1, -0.05) is 18.2 Å². The van der Waals surface area contributed by atoms with Crippen LogP contribution in [0, 0.1) is 6.92 Å². The van der Waals surface area contributed by atoms with Crippen molar-refractivity contribution in [1.29, 1.82) is 0 Å². The van der Waals surface area contributed by atoms with Crippen LogP contribution in [-0.4, -0.2) is 39.5 Å². The van der Waals surface area contributed by atoms with Crippen molar-refractivity contribution >= 4 is 5.91 Å². The third-order valence-electron chi connectivity index (χ3n) is 4.56. The van der Waals surface area contributed by atoms with Crippen LogP contribution < -0.4 is 10.1 Å². The van der Waals surface area contributed by atoms with Crippen LogP contribution in [0.3, 0.4) is 0 Å². The van der Waals surface area contributed by atoms with Gasteiger partial charge < -0.3 is 15.0 Å². The first-order valence-corrected chi connectivity index (χ1v) is 8.44. The lowest BCUT2D eigenvalue weighted by atomic mass is 9.93. The maximum absolute atomic E-state index is 12.5. The number of rotatable bonds is 3. The number of fused-ring (bicyclic) bond motifs is 1. The van der Waals surface area contributed by atoms with E-state index in [9.17, 15) is 4.79 Å². The molecule has 3 heterocycles. The molecule has 1 atom stereocenters. The number of hydrogen-bond donors (Lipinski definition) is 2. The number of H-pyrrole nitrogens is 1. The van der Waals surface area contributed by atoms with Crippen LogP contribution in [0.5, 0.6) is 5.75 Å². The number of nitrogens with one attached hydrogen (secondary N) is 2. The van der Waals surface area contributed by atoms with Crippen LogP contribution in [0.15, 0.2) is 36.7 Å². The van der Waals surface area contributed by atoms with E-state index in [4.69, 9.17) is 4.74 Å². The Morgan fingerprint density at radius 3 is 2.81 bits per heavy atom. The second-order valence-electron chi connectivity index (χ2n) is 6.31. The molecule has 0 spiro atoms. The molecule has 2 aromatic heterocycles. The molecule has 3 aromatic rings.